The Labute approximate surface area is 135 Å². The topological polar surface area (TPSA) is 23.6 Å². The van der Waals surface area contributed by atoms with E-state index in [1.165, 1.54) is 18.9 Å². The Morgan fingerprint density at radius 1 is 1.14 bits per heavy atom. The summed E-state index contributed by atoms with van der Waals surface area (Å²) in [5, 5.41) is 0. The SMILES string of the molecule is Cl.O=C(c1ccc(F)cc1F)N1CCCN(CC2CC2)CC1. The third-order valence-corrected chi connectivity index (χ3v) is 4.25. The first-order valence-corrected chi connectivity index (χ1v) is 7.60. The van der Waals surface area contributed by atoms with Crippen LogP contribution in [0.2, 0.25) is 0 Å². The van der Waals surface area contributed by atoms with Crippen molar-refractivity contribution < 1.29 is 13.6 Å². The van der Waals surface area contributed by atoms with Gasteiger partial charge in [0, 0.05) is 32.2 Å². The van der Waals surface area contributed by atoms with Crippen LogP contribution in [0.4, 0.5) is 8.78 Å². The van der Waals surface area contributed by atoms with Crippen molar-refractivity contribution in [2.24, 2.45) is 5.92 Å². The molecule has 0 spiro atoms. The molecule has 1 heterocycles. The molecule has 1 aliphatic carbocycles. The zero-order chi connectivity index (χ0) is 14.8. The number of halogens is 3. The second-order valence-corrected chi connectivity index (χ2v) is 6.01. The van der Waals surface area contributed by atoms with Crippen LogP contribution in [0.1, 0.15) is 29.6 Å². The van der Waals surface area contributed by atoms with E-state index >= 15 is 0 Å². The highest BCUT2D eigenvalue weighted by molar-refractivity contribution is 5.94. The summed E-state index contributed by atoms with van der Waals surface area (Å²) in [5.41, 5.74) is -0.0351. The van der Waals surface area contributed by atoms with Crippen molar-refractivity contribution in [3.63, 3.8) is 0 Å². The van der Waals surface area contributed by atoms with Crippen LogP contribution in [-0.4, -0.2) is 48.4 Å². The summed E-state index contributed by atoms with van der Waals surface area (Å²) in [4.78, 5) is 16.4. The third-order valence-electron chi connectivity index (χ3n) is 4.25. The molecular formula is C16H21ClF2N2O. The second kappa shape index (κ2) is 7.38. The van der Waals surface area contributed by atoms with Crippen molar-refractivity contribution in [3.8, 4) is 0 Å². The van der Waals surface area contributed by atoms with Gasteiger partial charge in [-0.1, -0.05) is 0 Å². The van der Waals surface area contributed by atoms with Crippen LogP contribution >= 0.6 is 12.4 Å². The van der Waals surface area contributed by atoms with Crippen molar-refractivity contribution in [2.75, 3.05) is 32.7 Å². The fourth-order valence-electron chi connectivity index (χ4n) is 2.86. The number of rotatable bonds is 3. The van der Waals surface area contributed by atoms with Crippen molar-refractivity contribution in [1.29, 1.82) is 0 Å². The van der Waals surface area contributed by atoms with E-state index in [-0.39, 0.29) is 23.9 Å². The maximum Gasteiger partial charge on any atom is 0.256 e. The monoisotopic (exact) mass is 330 g/mol. The fourth-order valence-corrected chi connectivity index (χ4v) is 2.86. The molecule has 1 saturated heterocycles. The Morgan fingerprint density at radius 2 is 1.91 bits per heavy atom. The van der Waals surface area contributed by atoms with Crippen LogP contribution < -0.4 is 0 Å². The molecule has 6 heteroatoms. The summed E-state index contributed by atoms with van der Waals surface area (Å²) in [6.07, 6.45) is 3.54. The molecule has 2 aliphatic rings. The lowest BCUT2D eigenvalue weighted by Gasteiger charge is -2.22. The number of carbonyl (C=O) groups is 1. The molecule has 3 nitrogen and oxygen atoms in total. The molecule has 0 unspecified atom stereocenters. The molecule has 1 saturated carbocycles. The molecule has 1 aliphatic heterocycles. The summed E-state index contributed by atoms with van der Waals surface area (Å²) in [6.45, 7) is 4.20. The van der Waals surface area contributed by atoms with Crippen molar-refractivity contribution in [1.82, 2.24) is 9.80 Å². The van der Waals surface area contributed by atoms with Gasteiger partial charge in [0.05, 0.1) is 5.56 Å². The lowest BCUT2D eigenvalue weighted by atomic mass is 10.1. The van der Waals surface area contributed by atoms with Crippen molar-refractivity contribution in [3.05, 3.63) is 35.4 Å². The molecule has 1 amide bonds. The van der Waals surface area contributed by atoms with Gasteiger partial charge in [-0.2, -0.15) is 0 Å². The summed E-state index contributed by atoms with van der Waals surface area (Å²) in [7, 11) is 0. The van der Waals surface area contributed by atoms with Gasteiger partial charge >= 0.3 is 0 Å². The Morgan fingerprint density at radius 3 is 2.59 bits per heavy atom. The normalized spacial score (nSPS) is 19.5. The van der Waals surface area contributed by atoms with Crippen molar-refractivity contribution in [2.45, 2.75) is 19.3 Å². The Kier molecular flexibility index (Phi) is 5.75. The fraction of sp³-hybridized carbons (Fsp3) is 0.562. The lowest BCUT2D eigenvalue weighted by molar-refractivity contribution is 0.0756. The van der Waals surface area contributed by atoms with Gasteiger partial charge in [-0.25, -0.2) is 8.78 Å². The molecule has 22 heavy (non-hydrogen) atoms. The highest BCUT2D eigenvalue weighted by Crippen LogP contribution is 2.30. The minimum atomic E-state index is -0.779. The van der Waals surface area contributed by atoms with Gasteiger partial charge in [0.1, 0.15) is 11.6 Å². The van der Waals surface area contributed by atoms with Crippen LogP contribution in [0, 0.1) is 17.6 Å². The molecule has 0 aromatic heterocycles. The Hall–Kier alpha value is -1.20. The van der Waals surface area contributed by atoms with Crippen LogP contribution in [0.3, 0.4) is 0 Å². The number of amides is 1. The van der Waals surface area contributed by atoms with Gasteiger partial charge in [0.25, 0.3) is 5.91 Å². The molecule has 3 rings (SSSR count). The number of hydrogen-bond acceptors (Lipinski definition) is 2. The van der Waals surface area contributed by atoms with E-state index in [2.05, 4.69) is 4.90 Å². The maximum atomic E-state index is 13.7. The minimum Gasteiger partial charge on any atom is -0.337 e. The molecule has 1 aromatic carbocycles. The smallest absolute Gasteiger partial charge is 0.256 e. The third kappa shape index (κ3) is 4.17. The first-order chi connectivity index (χ1) is 10.1. The zero-order valence-electron chi connectivity index (χ0n) is 12.4. The standard InChI is InChI=1S/C16H20F2N2O.ClH/c17-13-4-5-14(15(18)10-13)16(21)20-7-1-6-19(8-9-20)11-12-2-3-12;/h4-5,10,12H,1-3,6-9,11H2;1H. The molecule has 0 atom stereocenters. The molecule has 0 bridgehead atoms. The minimum absolute atomic E-state index is 0. The molecule has 122 valence electrons. The average molecular weight is 331 g/mol. The first kappa shape index (κ1) is 17.2. The largest absolute Gasteiger partial charge is 0.337 e. The zero-order valence-corrected chi connectivity index (χ0v) is 13.2. The van der Waals surface area contributed by atoms with E-state index < -0.39 is 11.6 Å². The van der Waals surface area contributed by atoms with E-state index in [1.807, 2.05) is 0 Å². The summed E-state index contributed by atoms with van der Waals surface area (Å²) >= 11 is 0. The first-order valence-electron chi connectivity index (χ1n) is 7.60. The van der Waals surface area contributed by atoms with Crippen LogP contribution in [0.25, 0.3) is 0 Å². The number of nitrogens with zero attached hydrogens (tertiary/aromatic N) is 2. The quantitative estimate of drug-likeness (QED) is 0.850. The van der Waals surface area contributed by atoms with Crippen LogP contribution in [0.15, 0.2) is 18.2 Å². The summed E-state index contributed by atoms with van der Waals surface area (Å²) in [5.74, 6) is -0.933. The van der Waals surface area contributed by atoms with Gasteiger partial charge in [-0.15, -0.1) is 12.4 Å². The summed E-state index contributed by atoms with van der Waals surface area (Å²) in [6, 6.07) is 3.14. The molecule has 0 radical (unpaired) electrons. The number of benzene rings is 1. The van der Waals surface area contributed by atoms with Crippen molar-refractivity contribution >= 4 is 18.3 Å². The highest BCUT2D eigenvalue weighted by Gasteiger charge is 2.27. The Balaban J connectivity index is 0.00000176. The van der Waals surface area contributed by atoms with Gasteiger partial charge in [-0.05, 0) is 43.9 Å². The predicted octanol–water partition coefficient (Wildman–Crippen LogP) is 2.94. The van der Waals surface area contributed by atoms with Crippen LogP contribution in [0.5, 0.6) is 0 Å². The summed E-state index contributed by atoms with van der Waals surface area (Å²) < 4.78 is 26.6. The van der Waals surface area contributed by atoms with Gasteiger partial charge in [0.15, 0.2) is 0 Å². The van der Waals surface area contributed by atoms with Gasteiger partial charge in [-0.3, -0.25) is 4.79 Å². The van der Waals surface area contributed by atoms with Gasteiger partial charge < -0.3 is 9.80 Å². The van der Waals surface area contributed by atoms with Gasteiger partial charge in [0.2, 0.25) is 0 Å². The van der Waals surface area contributed by atoms with E-state index in [0.29, 0.717) is 13.1 Å². The van der Waals surface area contributed by atoms with E-state index in [1.54, 1.807) is 4.90 Å². The average Bonchev–Trinajstić information content (AvgIpc) is 3.26. The highest BCUT2D eigenvalue weighted by atomic mass is 35.5. The molecular weight excluding hydrogens is 310 g/mol. The van der Waals surface area contributed by atoms with E-state index in [9.17, 15) is 13.6 Å². The second-order valence-electron chi connectivity index (χ2n) is 6.01. The number of hydrogen-bond donors (Lipinski definition) is 0. The van der Waals surface area contributed by atoms with E-state index in [4.69, 9.17) is 0 Å². The molecule has 0 N–H and O–H groups in total. The predicted molar refractivity (Wildman–Crippen MR) is 83.3 cm³/mol. The number of carbonyl (C=O) groups excluding carboxylic acids is 1. The lowest BCUT2D eigenvalue weighted by Crippen LogP contribution is -2.36. The maximum absolute atomic E-state index is 13.7. The Bertz CT molecular complexity index is 537. The molecule has 2 fully saturated rings. The van der Waals surface area contributed by atoms with Crippen LogP contribution in [-0.2, 0) is 0 Å². The molecule has 1 aromatic rings. The van der Waals surface area contributed by atoms with E-state index in [0.717, 1.165) is 44.1 Å².